The lowest BCUT2D eigenvalue weighted by atomic mass is 10.2. The van der Waals surface area contributed by atoms with Gasteiger partial charge in [0.1, 0.15) is 17.6 Å². The Labute approximate surface area is 121 Å². The van der Waals surface area contributed by atoms with Crippen LogP contribution in [-0.4, -0.2) is 13.1 Å². The fourth-order valence-corrected chi connectivity index (χ4v) is 1.72. The van der Waals surface area contributed by atoms with Crippen molar-refractivity contribution in [1.82, 2.24) is 0 Å². The molecule has 2 rings (SSSR count). The second-order valence-corrected chi connectivity index (χ2v) is 4.09. The van der Waals surface area contributed by atoms with Gasteiger partial charge < -0.3 is 15.4 Å². The molecule has 5 nitrogen and oxygen atoms in total. The number of hydrogen-bond donors (Lipinski definition) is 2. The molecule has 0 bridgehead atoms. The van der Waals surface area contributed by atoms with Crippen LogP contribution in [0.25, 0.3) is 0 Å². The molecule has 0 aliphatic rings. The number of rotatable bonds is 3. The van der Waals surface area contributed by atoms with Crippen molar-refractivity contribution in [2.75, 3.05) is 17.7 Å². The summed E-state index contributed by atoms with van der Waals surface area (Å²) >= 11 is 0. The Kier molecular flexibility index (Phi) is 4.36. The first-order valence-corrected chi connectivity index (χ1v) is 6.04. The van der Waals surface area contributed by atoms with Gasteiger partial charge in [0.05, 0.1) is 18.4 Å². The molecule has 2 N–H and O–H groups in total. The Morgan fingerprint density at radius 1 is 1.24 bits per heavy atom. The number of nitrogens with zero attached hydrogens (tertiary/aromatic N) is 1. The Hall–Kier alpha value is -3.07. The highest BCUT2D eigenvalue weighted by atomic mass is 19.1. The lowest BCUT2D eigenvalue weighted by molar-refractivity contribution is 0.262. The zero-order valence-electron chi connectivity index (χ0n) is 11.2. The van der Waals surface area contributed by atoms with Gasteiger partial charge in [-0.3, -0.25) is 0 Å². The Balaban J connectivity index is 2.10. The van der Waals surface area contributed by atoms with E-state index in [1.54, 1.807) is 30.3 Å². The van der Waals surface area contributed by atoms with Crippen molar-refractivity contribution in [1.29, 1.82) is 5.26 Å². The molecule has 0 saturated carbocycles. The highest BCUT2D eigenvalue weighted by Gasteiger charge is 2.08. The molecule has 2 aromatic carbocycles. The van der Waals surface area contributed by atoms with E-state index in [9.17, 15) is 9.18 Å². The van der Waals surface area contributed by atoms with Crippen molar-refractivity contribution < 1.29 is 13.9 Å². The Morgan fingerprint density at radius 3 is 2.71 bits per heavy atom. The van der Waals surface area contributed by atoms with E-state index in [2.05, 4.69) is 10.6 Å². The molecule has 0 spiro atoms. The smallest absolute Gasteiger partial charge is 0.323 e. The highest BCUT2D eigenvalue weighted by molar-refractivity contribution is 6.00. The minimum Gasteiger partial charge on any atom is -0.495 e. The molecule has 0 saturated heterocycles. The number of nitriles is 1. The molecule has 0 heterocycles. The summed E-state index contributed by atoms with van der Waals surface area (Å²) in [6.07, 6.45) is 0. The maximum atomic E-state index is 13.2. The normalized spacial score (nSPS) is 9.57. The molecule has 106 valence electrons. The first kappa shape index (κ1) is 14.3. The quantitative estimate of drug-likeness (QED) is 0.908. The summed E-state index contributed by atoms with van der Waals surface area (Å²) in [6.45, 7) is 0. The Bertz CT molecular complexity index is 710. The summed E-state index contributed by atoms with van der Waals surface area (Å²) in [5.74, 6) is -0.113. The first-order chi connectivity index (χ1) is 10.1. The molecule has 0 atom stereocenters. The van der Waals surface area contributed by atoms with Gasteiger partial charge in [0, 0.05) is 5.69 Å². The zero-order chi connectivity index (χ0) is 15.2. The van der Waals surface area contributed by atoms with Gasteiger partial charge in [0.25, 0.3) is 0 Å². The molecule has 0 unspecified atom stereocenters. The highest BCUT2D eigenvalue weighted by Crippen LogP contribution is 2.23. The second-order valence-electron chi connectivity index (χ2n) is 4.09. The lowest BCUT2D eigenvalue weighted by Crippen LogP contribution is -2.19. The minimum atomic E-state index is -0.631. The standard InChI is InChI=1S/C15H12FN3O2/c1-21-14-5-3-2-4-13(14)19-15(20)18-11-6-7-12(16)10(8-11)9-17/h2-8H,1H3,(H2,18,19,20). The van der Waals surface area contributed by atoms with E-state index >= 15 is 0 Å². The van der Waals surface area contributed by atoms with Crippen LogP contribution >= 0.6 is 0 Å². The van der Waals surface area contributed by atoms with Crippen LogP contribution in [0.3, 0.4) is 0 Å². The number of para-hydroxylation sites is 2. The fraction of sp³-hybridized carbons (Fsp3) is 0.0667. The van der Waals surface area contributed by atoms with Crippen molar-refractivity contribution in [3.63, 3.8) is 0 Å². The predicted molar refractivity (Wildman–Crippen MR) is 76.8 cm³/mol. The molecule has 21 heavy (non-hydrogen) atoms. The van der Waals surface area contributed by atoms with Crippen LogP contribution in [0.1, 0.15) is 5.56 Å². The molecule has 0 radical (unpaired) electrons. The van der Waals surface area contributed by atoms with E-state index in [0.717, 1.165) is 6.07 Å². The third-order valence-electron chi connectivity index (χ3n) is 2.70. The minimum absolute atomic E-state index is 0.134. The number of ether oxygens (including phenoxy) is 1. The van der Waals surface area contributed by atoms with E-state index in [0.29, 0.717) is 17.1 Å². The molecule has 2 amide bonds. The zero-order valence-corrected chi connectivity index (χ0v) is 11.2. The largest absolute Gasteiger partial charge is 0.495 e. The van der Waals surface area contributed by atoms with Crippen molar-refractivity contribution >= 4 is 17.4 Å². The van der Waals surface area contributed by atoms with Crippen molar-refractivity contribution in [2.24, 2.45) is 0 Å². The summed E-state index contributed by atoms with van der Waals surface area (Å²) in [7, 11) is 1.50. The van der Waals surface area contributed by atoms with E-state index < -0.39 is 11.8 Å². The number of halogens is 1. The number of methoxy groups -OCH3 is 1. The average Bonchev–Trinajstić information content (AvgIpc) is 2.49. The maximum Gasteiger partial charge on any atom is 0.323 e. The monoisotopic (exact) mass is 285 g/mol. The molecule has 0 fully saturated rings. The number of anilines is 2. The van der Waals surface area contributed by atoms with Gasteiger partial charge in [0.2, 0.25) is 0 Å². The summed E-state index contributed by atoms with van der Waals surface area (Å²) in [5, 5.41) is 13.9. The number of nitrogens with one attached hydrogen (secondary N) is 2. The maximum absolute atomic E-state index is 13.2. The predicted octanol–water partition coefficient (Wildman–Crippen LogP) is 3.35. The summed E-state index contributed by atoms with van der Waals surface area (Å²) in [5.41, 5.74) is 0.686. The van der Waals surface area contributed by atoms with Gasteiger partial charge in [-0.15, -0.1) is 0 Å². The number of urea groups is 1. The van der Waals surface area contributed by atoms with Crippen LogP contribution in [0.4, 0.5) is 20.6 Å². The van der Waals surface area contributed by atoms with Crippen LogP contribution in [0, 0.1) is 17.1 Å². The number of amides is 2. The first-order valence-electron chi connectivity index (χ1n) is 6.04. The van der Waals surface area contributed by atoms with Gasteiger partial charge in [-0.05, 0) is 30.3 Å². The average molecular weight is 285 g/mol. The van der Waals surface area contributed by atoms with Crippen LogP contribution in [0.2, 0.25) is 0 Å². The third-order valence-corrected chi connectivity index (χ3v) is 2.70. The van der Waals surface area contributed by atoms with Gasteiger partial charge in [-0.1, -0.05) is 12.1 Å². The number of benzene rings is 2. The van der Waals surface area contributed by atoms with Crippen LogP contribution in [0.15, 0.2) is 42.5 Å². The Morgan fingerprint density at radius 2 is 2.00 bits per heavy atom. The number of carbonyl (C=O) groups excluding carboxylic acids is 1. The van der Waals surface area contributed by atoms with Crippen LogP contribution in [-0.2, 0) is 0 Å². The summed E-state index contributed by atoms with van der Waals surface area (Å²) < 4.78 is 18.3. The van der Waals surface area contributed by atoms with Gasteiger partial charge in [-0.25, -0.2) is 9.18 Å². The van der Waals surface area contributed by atoms with Crippen molar-refractivity contribution in [2.45, 2.75) is 0 Å². The van der Waals surface area contributed by atoms with Gasteiger partial charge >= 0.3 is 6.03 Å². The van der Waals surface area contributed by atoms with Gasteiger partial charge in [0.15, 0.2) is 0 Å². The molecule has 0 aliphatic carbocycles. The third kappa shape index (κ3) is 3.48. The number of hydrogen-bond acceptors (Lipinski definition) is 3. The lowest BCUT2D eigenvalue weighted by Gasteiger charge is -2.11. The summed E-state index contributed by atoms with van der Waals surface area (Å²) in [4.78, 5) is 11.9. The van der Waals surface area contributed by atoms with Crippen molar-refractivity contribution in [3.8, 4) is 11.8 Å². The summed E-state index contributed by atoms with van der Waals surface area (Å²) in [6, 6.07) is 11.9. The second kappa shape index (κ2) is 6.39. The topological polar surface area (TPSA) is 74.2 Å². The SMILES string of the molecule is COc1ccccc1NC(=O)Nc1ccc(F)c(C#N)c1. The molecule has 0 aromatic heterocycles. The van der Waals surface area contributed by atoms with Gasteiger partial charge in [-0.2, -0.15) is 5.26 Å². The van der Waals surface area contributed by atoms with Crippen LogP contribution in [0.5, 0.6) is 5.75 Å². The molecule has 6 heteroatoms. The molecular formula is C15H12FN3O2. The van der Waals surface area contributed by atoms with E-state index in [1.807, 2.05) is 0 Å². The van der Waals surface area contributed by atoms with E-state index in [-0.39, 0.29) is 5.56 Å². The molecule has 0 aliphatic heterocycles. The van der Waals surface area contributed by atoms with Crippen LogP contribution < -0.4 is 15.4 Å². The fourth-order valence-electron chi connectivity index (χ4n) is 1.72. The number of carbonyl (C=O) groups is 1. The van der Waals surface area contributed by atoms with E-state index in [4.69, 9.17) is 10.00 Å². The van der Waals surface area contributed by atoms with E-state index in [1.165, 1.54) is 19.2 Å². The molecular weight excluding hydrogens is 273 g/mol. The molecule has 2 aromatic rings. The van der Waals surface area contributed by atoms with Crippen molar-refractivity contribution in [3.05, 3.63) is 53.8 Å².